The third-order valence-electron chi connectivity index (χ3n) is 2.00. The van der Waals surface area contributed by atoms with Crippen molar-refractivity contribution < 1.29 is 4.79 Å². The predicted octanol–water partition coefficient (Wildman–Crippen LogP) is -0.187. The lowest BCUT2D eigenvalue weighted by atomic mass is 10.0. The first-order chi connectivity index (χ1) is 5.22. The quantitative estimate of drug-likeness (QED) is 0.610. The molecule has 0 aliphatic carbocycles. The molecule has 0 aromatic rings. The van der Waals surface area contributed by atoms with Crippen molar-refractivity contribution in [3.63, 3.8) is 0 Å². The lowest BCUT2D eigenvalue weighted by Crippen LogP contribution is -2.46. The van der Waals surface area contributed by atoms with Crippen LogP contribution in [-0.4, -0.2) is 30.0 Å². The molecule has 11 heavy (non-hydrogen) atoms. The zero-order chi connectivity index (χ0) is 8.27. The van der Waals surface area contributed by atoms with Crippen molar-refractivity contribution in [1.29, 1.82) is 0 Å². The number of hydrogen-bond donors (Lipinski definition) is 2. The maximum Gasteiger partial charge on any atom is 0.221 e. The summed E-state index contributed by atoms with van der Waals surface area (Å²) in [4.78, 5) is 10.8. The maximum atomic E-state index is 10.8. The minimum absolute atomic E-state index is 0.0391. The second kappa shape index (κ2) is 3.97. The first kappa shape index (κ1) is 8.87. The summed E-state index contributed by atoms with van der Waals surface area (Å²) < 4.78 is 0. The molecule has 1 rings (SSSR count). The molecule has 1 amide bonds. The molecule has 1 aliphatic heterocycles. The molecular formula is C7H14N2OS. The van der Waals surface area contributed by atoms with Gasteiger partial charge in [-0.1, -0.05) is 6.92 Å². The van der Waals surface area contributed by atoms with Gasteiger partial charge in [0.1, 0.15) is 0 Å². The van der Waals surface area contributed by atoms with Gasteiger partial charge in [-0.05, 0) is 0 Å². The number of amides is 1. The molecule has 0 spiro atoms. The summed E-state index contributed by atoms with van der Waals surface area (Å²) in [5, 5.41) is 3.28. The molecule has 3 nitrogen and oxygen atoms in total. The number of carbonyl (C=O) groups excluding carboxylic acids is 1. The predicted molar refractivity (Wildman–Crippen MR) is 47.5 cm³/mol. The lowest BCUT2D eigenvalue weighted by Gasteiger charge is -2.26. The largest absolute Gasteiger partial charge is 0.369 e. The second-order valence-corrected chi connectivity index (χ2v) is 3.98. The van der Waals surface area contributed by atoms with Crippen molar-refractivity contribution in [2.24, 2.45) is 11.7 Å². The van der Waals surface area contributed by atoms with E-state index in [4.69, 9.17) is 5.73 Å². The van der Waals surface area contributed by atoms with Crippen LogP contribution in [0.2, 0.25) is 0 Å². The average Bonchev–Trinajstić information content (AvgIpc) is 2.05. The fraction of sp³-hybridized carbons (Fsp3) is 0.857. The minimum Gasteiger partial charge on any atom is -0.369 e. The van der Waals surface area contributed by atoms with E-state index in [1.54, 1.807) is 0 Å². The van der Waals surface area contributed by atoms with Crippen LogP contribution in [0.3, 0.4) is 0 Å². The third kappa shape index (κ3) is 2.38. The Morgan fingerprint density at radius 1 is 1.82 bits per heavy atom. The first-order valence-corrected chi connectivity index (χ1v) is 4.97. The Labute approximate surface area is 71.1 Å². The van der Waals surface area contributed by atoms with Gasteiger partial charge in [0.2, 0.25) is 5.91 Å². The van der Waals surface area contributed by atoms with Crippen LogP contribution in [0.1, 0.15) is 6.92 Å². The molecule has 1 aliphatic rings. The third-order valence-corrected chi connectivity index (χ3v) is 3.09. The number of carbonyl (C=O) groups is 1. The van der Waals surface area contributed by atoms with Gasteiger partial charge in [0, 0.05) is 24.1 Å². The number of thioether (sulfide) groups is 1. The molecule has 64 valence electrons. The lowest BCUT2D eigenvalue weighted by molar-refractivity contribution is -0.121. The summed E-state index contributed by atoms with van der Waals surface area (Å²) in [5.41, 5.74) is 5.18. The van der Waals surface area contributed by atoms with E-state index in [1.807, 2.05) is 18.7 Å². The molecular weight excluding hydrogens is 160 g/mol. The highest BCUT2D eigenvalue weighted by atomic mass is 32.2. The van der Waals surface area contributed by atoms with Crippen LogP contribution in [0, 0.1) is 5.92 Å². The highest BCUT2D eigenvalue weighted by molar-refractivity contribution is 7.99. The maximum absolute atomic E-state index is 10.8. The molecule has 2 unspecified atom stereocenters. The summed E-state index contributed by atoms with van der Waals surface area (Å²) in [6.45, 7) is 2.87. The minimum atomic E-state index is -0.204. The van der Waals surface area contributed by atoms with E-state index in [2.05, 4.69) is 5.32 Å². The average molecular weight is 174 g/mol. The number of primary amides is 1. The van der Waals surface area contributed by atoms with Gasteiger partial charge < -0.3 is 11.1 Å². The van der Waals surface area contributed by atoms with E-state index in [0.717, 1.165) is 18.1 Å². The van der Waals surface area contributed by atoms with Gasteiger partial charge in [0.15, 0.2) is 0 Å². The van der Waals surface area contributed by atoms with Crippen LogP contribution in [0.25, 0.3) is 0 Å². The summed E-state index contributed by atoms with van der Waals surface area (Å²) in [7, 11) is 0. The summed E-state index contributed by atoms with van der Waals surface area (Å²) in [5.74, 6) is 1.90. The Kier molecular flexibility index (Phi) is 3.20. The standard InChI is InChI=1S/C7H14N2OS/c1-5(7(8)10)6-4-11-3-2-9-6/h5-6,9H,2-4H2,1H3,(H2,8,10). The molecule has 0 saturated carbocycles. The second-order valence-electron chi connectivity index (χ2n) is 2.83. The van der Waals surface area contributed by atoms with Crippen LogP contribution in [-0.2, 0) is 4.79 Å². The molecule has 1 heterocycles. The van der Waals surface area contributed by atoms with Gasteiger partial charge in [-0.2, -0.15) is 11.8 Å². The van der Waals surface area contributed by atoms with Crippen LogP contribution < -0.4 is 11.1 Å². The number of rotatable bonds is 2. The summed E-state index contributed by atoms with van der Waals surface area (Å²) in [6.07, 6.45) is 0. The molecule has 3 N–H and O–H groups in total. The van der Waals surface area contributed by atoms with Gasteiger partial charge in [0.25, 0.3) is 0 Å². The smallest absolute Gasteiger partial charge is 0.221 e. The summed E-state index contributed by atoms with van der Waals surface area (Å²) >= 11 is 1.88. The van der Waals surface area contributed by atoms with Gasteiger partial charge in [0.05, 0.1) is 5.92 Å². The van der Waals surface area contributed by atoms with E-state index in [9.17, 15) is 4.79 Å². The number of nitrogens with two attached hydrogens (primary N) is 1. The van der Waals surface area contributed by atoms with Crippen molar-refractivity contribution in [2.75, 3.05) is 18.1 Å². The van der Waals surface area contributed by atoms with Crippen LogP contribution in [0.4, 0.5) is 0 Å². The molecule has 1 saturated heterocycles. The zero-order valence-corrected chi connectivity index (χ0v) is 7.49. The van der Waals surface area contributed by atoms with Crippen molar-refractivity contribution in [1.82, 2.24) is 5.32 Å². The fourth-order valence-corrected chi connectivity index (χ4v) is 2.19. The van der Waals surface area contributed by atoms with Crippen LogP contribution >= 0.6 is 11.8 Å². The van der Waals surface area contributed by atoms with Crippen molar-refractivity contribution in [2.45, 2.75) is 13.0 Å². The van der Waals surface area contributed by atoms with Gasteiger partial charge >= 0.3 is 0 Å². The molecule has 0 radical (unpaired) electrons. The topological polar surface area (TPSA) is 55.1 Å². The molecule has 4 heteroatoms. The Balaban J connectivity index is 2.38. The van der Waals surface area contributed by atoms with Gasteiger partial charge in [-0.25, -0.2) is 0 Å². The van der Waals surface area contributed by atoms with Crippen molar-refractivity contribution in [3.8, 4) is 0 Å². The Bertz CT molecular complexity index is 145. The molecule has 0 aromatic carbocycles. The SMILES string of the molecule is CC(C(N)=O)C1CSCCN1. The van der Waals surface area contributed by atoms with E-state index in [-0.39, 0.29) is 17.9 Å². The van der Waals surface area contributed by atoms with Gasteiger partial charge in [-0.3, -0.25) is 4.79 Å². The number of hydrogen-bond acceptors (Lipinski definition) is 3. The van der Waals surface area contributed by atoms with E-state index in [1.165, 1.54) is 0 Å². The monoisotopic (exact) mass is 174 g/mol. The normalized spacial score (nSPS) is 27.9. The Morgan fingerprint density at radius 3 is 3.00 bits per heavy atom. The number of nitrogens with one attached hydrogen (secondary N) is 1. The molecule has 0 bridgehead atoms. The fourth-order valence-electron chi connectivity index (χ4n) is 1.11. The first-order valence-electron chi connectivity index (χ1n) is 3.82. The summed E-state index contributed by atoms with van der Waals surface area (Å²) in [6, 6.07) is 0.284. The van der Waals surface area contributed by atoms with E-state index in [0.29, 0.717) is 0 Å². The molecule has 1 fully saturated rings. The highest BCUT2D eigenvalue weighted by Crippen LogP contribution is 2.13. The van der Waals surface area contributed by atoms with E-state index >= 15 is 0 Å². The van der Waals surface area contributed by atoms with Crippen LogP contribution in [0.5, 0.6) is 0 Å². The van der Waals surface area contributed by atoms with Gasteiger partial charge in [-0.15, -0.1) is 0 Å². The molecule has 0 aromatic heterocycles. The Hall–Kier alpha value is -0.220. The van der Waals surface area contributed by atoms with Crippen molar-refractivity contribution >= 4 is 17.7 Å². The van der Waals surface area contributed by atoms with E-state index < -0.39 is 0 Å². The van der Waals surface area contributed by atoms with Crippen LogP contribution in [0.15, 0.2) is 0 Å². The van der Waals surface area contributed by atoms with Crippen molar-refractivity contribution in [3.05, 3.63) is 0 Å². The molecule has 2 atom stereocenters. The Morgan fingerprint density at radius 2 is 2.55 bits per heavy atom. The highest BCUT2D eigenvalue weighted by Gasteiger charge is 2.23. The zero-order valence-electron chi connectivity index (χ0n) is 6.67.